The Balaban J connectivity index is 1.63. The van der Waals surface area contributed by atoms with Crippen LogP contribution in [0.5, 0.6) is 0 Å². The number of nitrogens with zero attached hydrogens (tertiary/aromatic N) is 1. The first kappa shape index (κ1) is 14.3. The van der Waals surface area contributed by atoms with Crippen LogP contribution in [0, 0.1) is 0 Å². The van der Waals surface area contributed by atoms with Crippen LogP contribution in [-0.4, -0.2) is 17.6 Å². The highest BCUT2D eigenvalue weighted by Gasteiger charge is 2.27. The number of hydrogen-bond donors (Lipinski definition) is 1. The maximum Gasteiger partial charge on any atom is 0.0300 e. The van der Waals surface area contributed by atoms with E-state index in [-0.39, 0.29) is 0 Å². The van der Waals surface area contributed by atoms with E-state index in [4.69, 9.17) is 0 Å². The zero-order valence-electron chi connectivity index (χ0n) is 12.8. The van der Waals surface area contributed by atoms with Crippen molar-refractivity contribution in [1.29, 1.82) is 0 Å². The molecule has 0 saturated carbocycles. The summed E-state index contributed by atoms with van der Waals surface area (Å²) >= 11 is 0. The summed E-state index contributed by atoms with van der Waals surface area (Å²) in [4.78, 5) is 4.24. The van der Waals surface area contributed by atoms with Crippen LogP contribution in [0.4, 0.5) is 0 Å². The molecule has 0 fully saturated rings. The van der Waals surface area contributed by atoms with Crippen LogP contribution in [-0.2, 0) is 12.8 Å². The molecule has 0 saturated heterocycles. The molecule has 1 aromatic heterocycles. The van der Waals surface area contributed by atoms with Gasteiger partial charge in [-0.05, 0) is 60.9 Å². The van der Waals surface area contributed by atoms with Crippen molar-refractivity contribution < 1.29 is 0 Å². The fourth-order valence-electron chi connectivity index (χ4n) is 3.31. The van der Waals surface area contributed by atoms with Gasteiger partial charge < -0.3 is 5.32 Å². The van der Waals surface area contributed by atoms with Crippen molar-refractivity contribution in [2.45, 2.75) is 44.6 Å². The predicted octanol–water partition coefficient (Wildman–Crippen LogP) is 3.72. The Morgan fingerprint density at radius 3 is 2.90 bits per heavy atom. The van der Waals surface area contributed by atoms with E-state index in [1.807, 2.05) is 18.5 Å². The largest absolute Gasteiger partial charge is 0.314 e. The average Bonchev–Trinajstić information content (AvgIpc) is 2.51. The molecule has 0 amide bonds. The van der Waals surface area contributed by atoms with Crippen LogP contribution in [0.25, 0.3) is 0 Å². The molecule has 2 aromatic rings. The Bertz CT molecular complexity index is 565. The van der Waals surface area contributed by atoms with Gasteiger partial charge in [-0.1, -0.05) is 37.3 Å². The van der Waals surface area contributed by atoms with Crippen molar-refractivity contribution in [1.82, 2.24) is 10.3 Å². The molecule has 1 aliphatic carbocycles. The molecule has 0 radical (unpaired) electrons. The Hall–Kier alpha value is -1.67. The van der Waals surface area contributed by atoms with Crippen LogP contribution in [0.1, 0.15) is 42.4 Å². The van der Waals surface area contributed by atoms with Crippen LogP contribution in [0.3, 0.4) is 0 Å². The highest BCUT2D eigenvalue weighted by Crippen LogP contribution is 2.38. The first-order valence-corrected chi connectivity index (χ1v) is 8.07. The van der Waals surface area contributed by atoms with E-state index in [9.17, 15) is 0 Å². The molecule has 1 heterocycles. The molecule has 2 nitrogen and oxygen atoms in total. The van der Waals surface area contributed by atoms with Gasteiger partial charge in [-0.15, -0.1) is 0 Å². The summed E-state index contributed by atoms with van der Waals surface area (Å²) in [6, 6.07) is 13.6. The minimum atomic E-state index is 0.549. The highest BCUT2D eigenvalue weighted by atomic mass is 14.9. The summed E-state index contributed by atoms with van der Waals surface area (Å²) in [6.07, 6.45) is 8.58. The van der Waals surface area contributed by atoms with Crippen LogP contribution >= 0.6 is 0 Å². The number of nitrogens with one attached hydrogen (secondary N) is 1. The Morgan fingerprint density at radius 1 is 1.24 bits per heavy atom. The van der Waals surface area contributed by atoms with Crippen LogP contribution in [0.2, 0.25) is 0 Å². The van der Waals surface area contributed by atoms with E-state index in [1.54, 1.807) is 5.56 Å². The van der Waals surface area contributed by atoms with Crippen LogP contribution in [0.15, 0.2) is 48.8 Å². The monoisotopic (exact) mass is 280 g/mol. The average molecular weight is 280 g/mol. The van der Waals surface area contributed by atoms with Gasteiger partial charge in [0, 0.05) is 18.4 Å². The Morgan fingerprint density at radius 2 is 2.14 bits per heavy atom. The Kier molecular flexibility index (Phi) is 4.66. The third-order valence-corrected chi connectivity index (χ3v) is 4.42. The molecule has 2 heteroatoms. The second-order valence-electron chi connectivity index (χ2n) is 6.05. The van der Waals surface area contributed by atoms with E-state index in [0.29, 0.717) is 6.04 Å². The van der Waals surface area contributed by atoms with E-state index in [0.717, 1.165) is 18.9 Å². The molecule has 1 aliphatic rings. The molecule has 0 bridgehead atoms. The number of benzene rings is 1. The number of fused-ring (bicyclic) bond motifs is 1. The molecule has 2 atom stereocenters. The predicted molar refractivity (Wildman–Crippen MR) is 87.5 cm³/mol. The summed E-state index contributed by atoms with van der Waals surface area (Å²) in [5.41, 5.74) is 4.43. The van der Waals surface area contributed by atoms with Gasteiger partial charge in [-0.2, -0.15) is 0 Å². The smallest absolute Gasteiger partial charge is 0.0300 e. The molecule has 21 heavy (non-hydrogen) atoms. The lowest BCUT2D eigenvalue weighted by Gasteiger charge is -2.33. The van der Waals surface area contributed by atoms with E-state index in [1.165, 1.54) is 30.4 Å². The molecule has 110 valence electrons. The standard InChI is InChI=1S/C19H24N2/c1-2-9-21-18(11-15-6-5-10-20-14-15)13-17-12-16-7-3-4-8-19(16)17/h3-8,10,14,17-18,21H,2,9,11-13H2,1H3. The number of hydrogen-bond acceptors (Lipinski definition) is 2. The summed E-state index contributed by atoms with van der Waals surface area (Å²) < 4.78 is 0. The second kappa shape index (κ2) is 6.86. The van der Waals surface area contributed by atoms with E-state index >= 15 is 0 Å². The highest BCUT2D eigenvalue weighted by molar-refractivity contribution is 5.40. The molecule has 0 spiro atoms. The fourth-order valence-corrected chi connectivity index (χ4v) is 3.31. The van der Waals surface area contributed by atoms with Crippen molar-refractivity contribution in [3.05, 3.63) is 65.5 Å². The zero-order chi connectivity index (χ0) is 14.5. The van der Waals surface area contributed by atoms with Gasteiger partial charge in [-0.3, -0.25) is 4.98 Å². The maximum absolute atomic E-state index is 4.24. The second-order valence-corrected chi connectivity index (χ2v) is 6.05. The third-order valence-electron chi connectivity index (χ3n) is 4.42. The van der Waals surface area contributed by atoms with Gasteiger partial charge in [0.25, 0.3) is 0 Å². The molecule has 3 rings (SSSR count). The normalized spacial score (nSPS) is 17.9. The lowest BCUT2D eigenvalue weighted by Crippen LogP contribution is -2.35. The molecule has 1 N–H and O–H groups in total. The lowest BCUT2D eigenvalue weighted by atomic mass is 9.74. The first-order valence-electron chi connectivity index (χ1n) is 8.07. The van der Waals surface area contributed by atoms with Crippen molar-refractivity contribution in [2.75, 3.05) is 6.54 Å². The van der Waals surface area contributed by atoms with E-state index < -0.39 is 0 Å². The van der Waals surface area contributed by atoms with Crippen molar-refractivity contribution in [3.63, 3.8) is 0 Å². The van der Waals surface area contributed by atoms with Crippen molar-refractivity contribution in [2.24, 2.45) is 0 Å². The van der Waals surface area contributed by atoms with Gasteiger partial charge in [-0.25, -0.2) is 0 Å². The van der Waals surface area contributed by atoms with Gasteiger partial charge in [0.15, 0.2) is 0 Å². The summed E-state index contributed by atoms with van der Waals surface area (Å²) in [7, 11) is 0. The zero-order valence-corrected chi connectivity index (χ0v) is 12.8. The molecule has 0 aliphatic heterocycles. The minimum absolute atomic E-state index is 0.549. The summed E-state index contributed by atoms with van der Waals surface area (Å²) in [5, 5.41) is 3.72. The van der Waals surface area contributed by atoms with Gasteiger partial charge >= 0.3 is 0 Å². The molecular formula is C19H24N2. The number of aromatic nitrogens is 1. The summed E-state index contributed by atoms with van der Waals surface area (Å²) in [6.45, 7) is 3.33. The van der Waals surface area contributed by atoms with Crippen LogP contribution < -0.4 is 5.32 Å². The number of pyridine rings is 1. The van der Waals surface area contributed by atoms with Crippen molar-refractivity contribution >= 4 is 0 Å². The minimum Gasteiger partial charge on any atom is -0.314 e. The lowest BCUT2D eigenvalue weighted by molar-refractivity contribution is 0.415. The molecule has 2 unspecified atom stereocenters. The first-order chi connectivity index (χ1) is 10.4. The SMILES string of the molecule is CCCNC(Cc1cccnc1)CC1Cc2ccccc21. The maximum atomic E-state index is 4.24. The molecular weight excluding hydrogens is 256 g/mol. The molecule has 1 aromatic carbocycles. The topological polar surface area (TPSA) is 24.9 Å². The van der Waals surface area contributed by atoms with Gasteiger partial charge in [0.05, 0.1) is 0 Å². The van der Waals surface area contributed by atoms with Gasteiger partial charge in [0.2, 0.25) is 0 Å². The fraction of sp³-hybridized carbons (Fsp3) is 0.421. The van der Waals surface area contributed by atoms with Crippen molar-refractivity contribution in [3.8, 4) is 0 Å². The quantitative estimate of drug-likeness (QED) is 0.836. The van der Waals surface area contributed by atoms with Gasteiger partial charge in [0.1, 0.15) is 0 Å². The summed E-state index contributed by atoms with van der Waals surface area (Å²) in [5.74, 6) is 0.729. The number of rotatable bonds is 7. The van der Waals surface area contributed by atoms with E-state index in [2.05, 4.69) is 47.6 Å². The third kappa shape index (κ3) is 3.51. The Labute approximate surface area is 127 Å².